The number of rotatable bonds is 17. The van der Waals surface area contributed by atoms with E-state index in [4.69, 9.17) is 33.5 Å². The SMILES string of the molecule is C=C(Nc1ccccc1C(=O)NC(C(=O)Nc1ccccc1)C(C)C)c1ccc(OC)cc1.COc1cc(/C=N/NC(=O)CCC(C)O)ccc1O.Cc1cc(C(=O)O[C@@H]2OC3COC(=O)c4cc(O)c(O)c(O)c4-c4c(cc(O)c(O)c4O)C(=O)O[C@H](C2O)[C@@H]3O)cc(O)c1O. The second-order valence-electron chi connectivity index (χ2n) is 22.1. The Bertz CT molecular complexity index is 4060. The number of phenolic OH excluding ortho intramolecular Hbond substituents is 9. The van der Waals surface area contributed by atoms with Crippen LogP contribution in [0.1, 0.15) is 91.7 Å². The van der Waals surface area contributed by atoms with Crippen LogP contribution in [-0.4, -0.2) is 167 Å². The summed E-state index contributed by atoms with van der Waals surface area (Å²) in [6, 6.07) is 30.9. The zero-order chi connectivity index (χ0) is 71.1. The molecule has 2 aliphatic rings. The molecule has 16 N–H and O–H groups in total. The Morgan fingerprint density at radius 2 is 1.29 bits per heavy atom. The number of esters is 3. The fraction of sp³-hybridized carbons (Fsp3) is 0.250. The van der Waals surface area contributed by atoms with Gasteiger partial charge in [-0.3, -0.25) is 14.4 Å². The molecule has 7 atom stereocenters. The lowest BCUT2D eigenvalue weighted by Crippen LogP contribution is -2.61. The average molecular weight is 1340 g/mol. The number of phenols is 9. The molecule has 97 heavy (non-hydrogen) atoms. The summed E-state index contributed by atoms with van der Waals surface area (Å²) >= 11 is 0. The number of hydrogen-bond acceptors (Lipinski definition) is 26. The molecule has 512 valence electrons. The summed E-state index contributed by atoms with van der Waals surface area (Å²) in [5, 5.41) is 135. The van der Waals surface area contributed by atoms with E-state index in [2.05, 4.69) is 33.1 Å². The number of para-hydroxylation sites is 2. The van der Waals surface area contributed by atoms with Crippen LogP contribution < -0.4 is 30.8 Å². The molecule has 0 saturated carbocycles. The van der Waals surface area contributed by atoms with Crippen LogP contribution in [0.15, 0.2) is 133 Å². The van der Waals surface area contributed by atoms with Gasteiger partial charge in [0.25, 0.3) is 5.91 Å². The number of hydrazone groups is 1. The molecular formula is C68H71N5O24. The monoisotopic (exact) mass is 1340 g/mol. The summed E-state index contributed by atoms with van der Waals surface area (Å²) in [5.41, 5.74) is 2.55. The van der Waals surface area contributed by atoms with E-state index in [0.29, 0.717) is 52.5 Å². The van der Waals surface area contributed by atoms with Crippen LogP contribution >= 0.6 is 0 Å². The fourth-order valence-electron chi connectivity index (χ4n) is 9.53. The van der Waals surface area contributed by atoms with Crippen molar-refractivity contribution in [3.63, 3.8) is 0 Å². The summed E-state index contributed by atoms with van der Waals surface area (Å²) in [4.78, 5) is 76.9. The average Bonchev–Trinajstić information content (AvgIpc) is 0.746. The lowest BCUT2D eigenvalue weighted by molar-refractivity contribution is -0.284. The minimum atomic E-state index is -2.15. The molecule has 29 nitrogen and oxygen atoms in total. The van der Waals surface area contributed by atoms with Gasteiger partial charge in [-0.2, -0.15) is 5.10 Å². The topological polar surface area (TPSA) is 461 Å². The first-order valence-electron chi connectivity index (χ1n) is 29.5. The molecule has 9 rings (SSSR count). The number of anilines is 2. The number of benzene rings is 7. The predicted molar refractivity (Wildman–Crippen MR) is 347 cm³/mol. The smallest absolute Gasteiger partial charge is 0.340 e. The molecule has 7 aromatic carbocycles. The Balaban J connectivity index is 0.000000223. The second-order valence-corrected chi connectivity index (χ2v) is 22.1. The minimum absolute atomic E-state index is 0.0422. The number of cyclic esters (lactones) is 1. The lowest BCUT2D eigenvalue weighted by Gasteiger charge is -2.41. The molecule has 1 fully saturated rings. The van der Waals surface area contributed by atoms with Crippen molar-refractivity contribution < 1.29 is 118 Å². The highest BCUT2D eigenvalue weighted by atomic mass is 16.7. The molecule has 1 saturated heterocycles. The number of carbonyl (C=O) groups excluding carboxylic acids is 6. The molecule has 29 heteroatoms. The van der Waals surface area contributed by atoms with Crippen LogP contribution in [0, 0.1) is 12.8 Å². The molecule has 0 aromatic heterocycles. The van der Waals surface area contributed by atoms with Crippen molar-refractivity contribution in [2.45, 2.75) is 83.4 Å². The van der Waals surface area contributed by atoms with Crippen LogP contribution in [0.2, 0.25) is 0 Å². The van der Waals surface area contributed by atoms with Crippen molar-refractivity contribution >= 4 is 58.9 Å². The van der Waals surface area contributed by atoms with Crippen LogP contribution in [0.3, 0.4) is 0 Å². The van der Waals surface area contributed by atoms with Crippen LogP contribution in [0.5, 0.6) is 63.2 Å². The Morgan fingerprint density at radius 1 is 0.680 bits per heavy atom. The maximum absolute atomic E-state index is 13.5. The molecule has 2 heterocycles. The maximum atomic E-state index is 13.5. The normalized spacial score (nSPS) is 16.9. The van der Waals surface area contributed by atoms with Gasteiger partial charge in [-0.25, -0.2) is 19.8 Å². The molecule has 0 spiro atoms. The summed E-state index contributed by atoms with van der Waals surface area (Å²) in [5.74, 6) is -12.4. The Labute approximate surface area is 553 Å². The van der Waals surface area contributed by atoms with Crippen molar-refractivity contribution in [2.75, 3.05) is 31.5 Å². The number of nitrogens with zero attached hydrogens (tertiary/aromatic N) is 1. The van der Waals surface area contributed by atoms with E-state index in [9.17, 15) is 84.9 Å². The highest BCUT2D eigenvalue weighted by Crippen LogP contribution is 2.53. The summed E-state index contributed by atoms with van der Waals surface area (Å²) in [6.07, 6.45) is -8.34. The molecule has 2 bridgehead atoms. The third-order valence-electron chi connectivity index (χ3n) is 14.8. The molecule has 7 aromatic rings. The number of fused-ring (bicyclic) bond motifs is 5. The van der Waals surface area contributed by atoms with Gasteiger partial charge in [0.05, 0.1) is 54.5 Å². The second kappa shape index (κ2) is 32.4. The van der Waals surface area contributed by atoms with E-state index in [1.54, 1.807) is 56.5 Å². The van der Waals surface area contributed by atoms with Crippen LogP contribution in [-0.2, 0) is 28.5 Å². The molecule has 3 amide bonds. The van der Waals surface area contributed by atoms with Gasteiger partial charge in [0, 0.05) is 28.9 Å². The number of aromatic hydroxyl groups is 9. The van der Waals surface area contributed by atoms with Crippen LogP contribution in [0.4, 0.5) is 11.4 Å². The standard InChI is InChI=1S/C28H24O17.C27H29N3O3.C13H18N2O4/c1-7-2-8(3-11(29)17(7)32)25(39)45-28-23(38)24-20(35)14(43-28)6-42-26(40)9-4-12(30)18(33)21(36)15(9)16-10(27(41)44-24)5-13(31)19(34)22(16)37;1-18(2)25(27(32)29-21-10-6-5-7-11-21)30-26(31)23-12-8-9-13-24(23)28-19(3)20-14-16-22(33-4)17-15-20;1-9(16)3-6-13(18)15-14-8-10-4-5-11(17)12(7-10)19-2/h2-5,14,20,23-24,28-38H,6H2,1H3;5-18,25,28H,3H2,1-2,4H3,(H,29,32)(H,30,31);4-5,7-9,16-17H,3,6H2,1-2H3,(H,15,18)/b;;14-8+/t14?,20-,23?,24+,28+;;/m1../s1. The van der Waals surface area contributed by atoms with Crippen LogP contribution in [0.25, 0.3) is 16.8 Å². The van der Waals surface area contributed by atoms with Crippen molar-refractivity contribution in [3.8, 4) is 74.4 Å². The fourth-order valence-corrected chi connectivity index (χ4v) is 9.53. The minimum Gasteiger partial charge on any atom is -0.504 e. The number of nitrogens with one attached hydrogen (secondary N) is 4. The van der Waals surface area contributed by atoms with Gasteiger partial charge < -0.3 is 106 Å². The molecule has 4 unspecified atom stereocenters. The third kappa shape index (κ3) is 17.9. The highest BCUT2D eigenvalue weighted by molar-refractivity contribution is 6.09. The first kappa shape index (κ1) is 72.6. The maximum Gasteiger partial charge on any atom is 0.340 e. The lowest BCUT2D eigenvalue weighted by atomic mass is 9.91. The third-order valence-corrected chi connectivity index (χ3v) is 14.8. The number of methoxy groups -OCH3 is 2. The zero-order valence-electron chi connectivity index (χ0n) is 52.8. The molecule has 0 radical (unpaired) electrons. The quantitative estimate of drug-likeness (QED) is 0.0152. The number of aryl methyl sites for hydroxylation is 1. The first-order chi connectivity index (χ1) is 46.0. The summed E-state index contributed by atoms with van der Waals surface area (Å²) in [7, 11) is 3.06. The van der Waals surface area contributed by atoms with Crippen molar-refractivity contribution in [1.29, 1.82) is 0 Å². The number of aliphatic hydroxyl groups is 3. The number of ether oxygens (including phenoxy) is 6. The van der Waals surface area contributed by atoms with Crippen molar-refractivity contribution in [3.05, 3.63) is 167 Å². The summed E-state index contributed by atoms with van der Waals surface area (Å²) < 4.78 is 31.2. The van der Waals surface area contributed by atoms with Gasteiger partial charge in [0.1, 0.15) is 30.6 Å². The Morgan fingerprint density at radius 3 is 1.89 bits per heavy atom. The van der Waals surface area contributed by atoms with Gasteiger partial charge in [-0.05, 0) is 134 Å². The van der Waals surface area contributed by atoms with E-state index in [1.165, 1.54) is 26.3 Å². The van der Waals surface area contributed by atoms with E-state index in [-0.39, 0.29) is 46.9 Å². The molecule has 2 aliphatic heterocycles. The van der Waals surface area contributed by atoms with Gasteiger partial charge in [-0.15, -0.1) is 0 Å². The van der Waals surface area contributed by atoms with Gasteiger partial charge >= 0.3 is 17.9 Å². The van der Waals surface area contributed by atoms with Gasteiger partial charge in [0.2, 0.25) is 29.6 Å². The van der Waals surface area contributed by atoms with Crippen molar-refractivity contribution in [1.82, 2.24) is 10.7 Å². The molecule has 0 aliphatic carbocycles. The van der Waals surface area contributed by atoms with Crippen molar-refractivity contribution in [2.24, 2.45) is 11.0 Å². The largest absolute Gasteiger partial charge is 0.504 e. The van der Waals surface area contributed by atoms with Gasteiger partial charge in [-0.1, -0.05) is 50.8 Å². The number of amides is 3. The first-order valence-corrected chi connectivity index (χ1v) is 29.5. The number of aliphatic hydroxyl groups excluding tert-OH is 3. The Hall–Kier alpha value is -11.8. The van der Waals surface area contributed by atoms with E-state index >= 15 is 0 Å². The Kier molecular flexibility index (Phi) is 24.2. The highest BCUT2D eigenvalue weighted by Gasteiger charge is 2.50. The summed E-state index contributed by atoms with van der Waals surface area (Å²) in [6.45, 7) is 9.96. The number of hydrogen-bond donors (Lipinski definition) is 16. The zero-order valence-corrected chi connectivity index (χ0v) is 52.8. The van der Waals surface area contributed by atoms with E-state index in [1.807, 2.05) is 62.4 Å². The molecular weight excluding hydrogens is 1270 g/mol. The van der Waals surface area contributed by atoms with E-state index < -0.39 is 136 Å². The number of carbonyl (C=O) groups is 6. The predicted octanol–water partition coefficient (Wildman–Crippen LogP) is 6.49. The van der Waals surface area contributed by atoms with E-state index in [0.717, 1.165) is 23.4 Å². The van der Waals surface area contributed by atoms with Gasteiger partial charge in [0.15, 0.2) is 58.2 Å².